The molecule has 4 N–H and O–H groups in total. The van der Waals surface area contributed by atoms with Crippen LogP contribution in [0.1, 0.15) is 51.0 Å². The topological polar surface area (TPSA) is 97.1 Å². The summed E-state index contributed by atoms with van der Waals surface area (Å²) in [6.07, 6.45) is 7.90. The van der Waals surface area contributed by atoms with Gasteiger partial charge in [-0.15, -0.1) is 0 Å². The summed E-state index contributed by atoms with van der Waals surface area (Å²) in [7, 11) is -3.72. The van der Waals surface area contributed by atoms with Gasteiger partial charge in [-0.05, 0) is 49.1 Å². The Labute approximate surface area is 188 Å². The molecule has 1 aliphatic carbocycles. The number of nitrogens with one attached hydrogen (secondary N) is 2. The van der Waals surface area contributed by atoms with Crippen molar-refractivity contribution in [1.29, 1.82) is 0 Å². The molecule has 1 saturated carbocycles. The van der Waals surface area contributed by atoms with Crippen LogP contribution in [0, 0.1) is 5.92 Å². The first-order chi connectivity index (χ1) is 14.9. The fourth-order valence-electron chi connectivity index (χ4n) is 4.36. The summed E-state index contributed by atoms with van der Waals surface area (Å²) in [4.78, 5) is 4.40. The van der Waals surface area contributed by atoms with E-state index in [0.29, 0.717) is 28.9 Å². The second-order valence-corrected chi connectivity index (χ2v) is 11.2. The van der Waals surface area contributed by atoms with Gasteiger partial charge in [-0.1, -0.05) is 61.6 Å². The van der Waals surface area contributed by atoms with Crippen molar-refractivity contribution in [1.82, 2.24) is 10.3 Å². The highest BCUT2D eigenvalue weighted by Crippen LogP contribution is 2.29. The zero-order valence-electron chi connectivity index (χ0n) is 17.8. The number of para-hydroxylation sites is 1. The summed E-state index contributed by atoms with van der Waals surface area (Å²) in [6.45, 7) is 2.84. The van der Waals surface area contributed by atoms with E-state index in [1.165, 1.54) is 49.9 Å². The Morgan fingerprint density at radius 1 is 1.16 bits per heavy atom. The SMILES string of the molecule is C[C@@H](CC1CCCCC1)NCc1ccccc1NS(=O)(=O)c1ccc2nc(N)sc2c1. The van der Waals surface area contributed by atoms with Crippen LogP contribution in [0.4, 0.5) is 10.8 Å². The molecule has 0 bridgehead atoms. The number of benzene rings is 2. The molecule has 1 fully saturated rings. The number of nitrogens with two attached hydrogens (primary N) is 1. The molecule has 0 unspecified atom stereocenters. The molecular weight excluding hydrogens is 428 g/mol. The molecule has 0 aliphatic heterocycles. The van der Waals surface area contributed by atoms with E-state index in [1.54, 1.807) is 18.2 Å². The van der Waals surface area contributed by atoms with Gasteiger partial charge in [-0.25, -0.2) is 13.4 Å². The van der Waals surface area contributed by atoms with Crippen LogP contribution in [0.3, 0.4) is 0 Å². The molecule has 0 radical (unpaired) electrons. The molecule has 0 amide bonds. The summed E-state index contributed by atoms with van der Waals surface area (Å²) >= 11 is 1.28. The number of hydrogen-bond donors (Lipinski definition) is 3. The molecule has 166 valence electrons. The maximum atomic E-state index is 13.0. The smallest absolute Gasteiger partial charge is 0.261 e. The summed E-state index contributed by atoms with van der Waals surface area (Å²) in [5.41, 5.74) is 7.99. The van der Waals surface area contributed by atoms with Gasteiger partial charge in [0.15, 0.2) is 5.13 Å². The van der Waals surface area contributed by atoms with Gasteiger partial charge < -0.3 is 11.1 Å². The van der Waals surface area contributed by atoms with Crippen molar-refractivity contribution in [2.75, 3.05) is 10.5 Å². The monoisotopic (exact) mass is 458 g/mol. The van der Waals surface area contributed by atoms with Crippen LogP contribution < -0.4 is 15.8 Å². The molecule has 1 aliphatic rings. The van der Waals surface area contributed by atoms with E-state index in [2.05, 4.69) is 21.9 Å². The Hall–Kier alpha value is -2.16. The highest BCUT2D eigenvalue weighted by Gasteiger charge is 2.19. The van der Waals surface area contributed by atoms with Crippen LogP contribution >= 0.6 is 11.3 Å². The van der Waals surface area contributed by atoms with E-state index in [4.69, 9.17) is 5.73 Å². The van der Waals surface area contributed by atoms with Gasteiger partial charge in [-0.2, -0.15) is 0 Å². The van der Waals surface area contributed by atoms with Crippen molar-refractivity contribution in [3.8, 4) is 0 Å². The lowest BCUT2D eigenvalue weighted by Crippen LogP contribution is -2.29. The van der Waals surface area contributed by atoms with Gasteiger partial charge in [0.2, 0.25) is 0 Å². The number of nitrogen functional groups attached to an aromatic ring is 1. The first-order valence-electron chi connectivity index (χ1n) is 10.9. The zero-order chi connectivity index (χ0) is 21.8. The third-order valence-electron chi connectivity index (χ3n) is 6.00. The van der Waals surface area contributed by atoms with Gasteiger partial charge >= 0.3 is 0 Å². The largest absolute Gasteiger partial charge is 0.375 e. The van der Waals surface area contributed by atoms with Crippen molar-refractivity contribution < 1.29 is 8.42 Å². The van der Waals surface area contributed by atoms with Crippen molar-refractivity contribution in [3.05, 3.63) is 48.0 Å². The van der Waals surface area contributed by atoms with E-state index in [1.807, 2.05) is 24.3 Å². The lowest BCUT2D eigenvalue weighted by atomic mass is 9.85. The summed E-state index contributed by atoms with van der Waals surface area (Å²) < 4.78 is 29.6. The molecule has 6 nitrogen and oxygen atoms in total. The third kappa shape index (κ3) is 5.56. The molecular formula is C23H30N4O2S2. The molecule has 8 heteroatoms. The fraction of sp³-hybridized carbons (Fsp3) is 0.435. The molecule has 0 spiro atoms. The minimum Gasteiger partial charge on any atom is -0.375 e. The Balaban J connectivity index is 1.44. The first-order valence-corrected chi connectivity index (χ1v) is 13.2. The molecule has 4 rings (SSSR count). The molecule has 3 aromatic rings. The minimum absolute atomic E-state index is 0.206. The third-order valence-corrected chi connectivity index (χ3v) is 8.21. The molecule has 2 aromatic carbocycles. The van der Waals surface area contributed by atoms with Crippen molar-refractivity contribution in [2.24, 2.45) is 5.92 Å². The Morgan fingerprint density at radius 2 is 1.94 bits per heavy atom. The van der Waals surface area contributed by atoms with Crippen molar-refractivity contribution >= 4 is 42.4 Å². The number of thiazole rings is 1. The van der Waals surface area contributed by atoms with Crippen LogP contribution in [0.2, 0.25) is 0 Å². The predicted molar refractivity (Wildman–Crippen MR) is 129 cm³/mol. The van der Waals surface area contributed by atoms with Crippen LogP contribution in [0.15, 0.2) is 47.4 Å². The normalized spacial score (nSPS) is 16.4. The number of sulfonamides is 1. The number of fused-ring (bicyclic) bond motifs is 1. The van der Waals surface area contributed by atoms with Crippen LogP contribution in [-0.2, 0) is 16.6 Å². The quantitative estimate of drug-likeness (QED) is 0.435. The van der Waals surface area contributed by atoms with Crippen molar-refractivity contribution in [2.45, 2.75) is 62.9 Å². The van der Waals surface area contributed by atoms with Crippen molar-refractivity contribution in [3.63, 3.8) is 0 Å². The Kier molecular flexibility index (Phi) is 6.79. The minimum atomic E-state index is -3.72. The van der Waals surface area contributed by atoms with E-state index in [9.17, 15) is 8.42 Å². The predicted octanol–water partition coefficient (Wildman–Crippen LogP) is 5.13. The first kappa shape index (κ1) is 22.0. The highest BCUT2D eigenvalue weighted by molar-refractivity contribution is 7.92. The number of rotatable bonds is 8. The van der Waals surface area contributed by atoms with E-state index < -0.39 is 10.0 Å². The molecule has 0 saturated heterocycles. The summed E-state index contributed by atoms with van der Waals surface area (Å²) in [5, 5.41) is 4.01. The zero-order valence-corrected chi connectivity index (χ0v) is 19.4. The van der Waals surface area contributed by atoms with Gasteiger partial charge in [0.1, 0.15) is 0 Å². The Bertz CT molecular complexity index is 1140. The Morgan fingerprint density at radius 3 is 2.74 bits per heavy atom. The van der Waals surface area contributed by atoms with Gasteiger partial charge in [0, 0.05) is 12.6 Å². The van der Waals surface area contributed by atoms with E-state index in [-0.39, 0.29) is 4.90 Å². The number of aromatic nitrogens is 1. The average Bonchev–Trinajstić information content (AvgIpc) is 3.13. The number of hydrogen-bond acceptors (Lipinski definition) is 6. The number of anilines is 2. The summed E-state index contributed by atoms with van der Waals surface area (Å²) in [5.74, 6) is 0.806. The van der Waals surface area contributed by atoms with Gasteiger partial charge in [0.05, 0.1) is 20.8 Å². The molecule has 1 heterocycles. The van der Waals surface area contributed by atoms with Crippen LogP contribution in [0.5, 0.6) is 0 Å². The van der Waals surface area contributed by atoms with E-state index >= 15 is 0 Å². The molecule has 1 aromatic heterocycles. The highest BCUT2D eigenvalue weighted by atomic mass is 32.2. The lowest BCUT2D eigenvalue weighted by Gasteiger charge is -2.25. The summed E-state index contributed by atoms with van der Waals surface area (Å²) in [6, 6.07) is 12.8. The van der Waals surface area contributed by atoms with Gasteiger partial charge in [-0.3, -0.25) is 4.72 Å². The van der Waals surface area contributed by atoms with Crippen LogP contribution in [-0.4, -0.2) is 19.4 Å². The van der Waals surface area contributed by atoms with Gasteiger partial charge in [0.25, 0.3) is 10.0 Å². The van der Waals surface area contributed by atoms with E-state index in [0.717, 1.165) is 16.2 Å². The standard InChI is InChI=1S/C23H30N4O2S2/c1-16(13-17-7-3-2-4-8-17)25-15-18-9-5-6-10-20(18)27-31(28,29)19-11-12-21-22(14-19)30-23(24)26-21/h5-6,9-12,14,16-17,25,27H,2-4,7-8,13,15H2,1H3,(H2,24,26)/t16-/m0/s1. The second kappa shape index (κ2) is 9.54. The molecule has 31 heavy (non-hydrogen) atoms. The maximum Gasteiger partial charge on any atom is 0.261 e. The average molecular weight is 459 g/mol. The lowest BCUT2D eigenvalue weighted by molar-refractivity contribution is 0.305. The second-order valence-electron chi connectivity index (χ2n) is 8.47. The van der Waals surface area contributed by atoms with Crippen LogP contribution in [0.25, 0.3) is 10.2 Å². The fourth-order valence-corrected chi connectivity index (χ4v) is 6.33. The molecule has 1 atom stereocenters. The number of nitrogens with zero attached hydrogens (tertiary/aromatic N) is 1. The maximum absolute atomic E-state index is 13.0.